The molecule has 0 atom stereocenters. The number of carbonyl (C=O) groups is 1. The van der Waals surface area contributed by atoms with Crippen LogP contribution in [0.5, 0.6) is 5.75 Å². The quantitative estimate of drug-likeness (QED) is 0.634. The van der Waals surface area contributed by atoms with Gasteiger partial charge in [0.2, 0.25) is 5.91 Å². The van der Waals surface area contributed by atoms with Crippen LogP contribution in [-0.2, 0) is 11.2 Å². The largest absolute Gasteiger partial charge is 0.494 e. The second-order valence-electron chi connectivity index (χ2n) is 5.44. The Balaban J connectivity index is 1.32. The van der Waals surface area contributed by atoms with Crippen LogP contribution in [0.2, 0.25) is 0 Å². The first-order chi connectivity index (χ1) is 11.8. The number of nitrogens with one attached hydrogen (secondary N) is 1. The number of rotatable bonds is 8. The van der Waals surface area contributed by atoms with Crippen LogP contribution in [-0.4, -0.2) is 24.0 Å². The van der Waals surface area contributed by atoms with Crippen LogP contribution in [0, 0.1) is 0 Å². The van der Waals surface area contributed by atoms with Crippen molar-refractivity contribution < 1.29 is 9.53 Å². The third-order valence-electron chi connectivity index (χ3n) is 3.56. The van der Waals surface area contributed by atoms with E-state index in [1.54, 1.807) is 11.3 Å². The van der Waals surface area contributed by atoms with Gasteiger partial charge in [-0.15, -0.1) is 11.3 Å². The first kappa shape index (κ1) is 16.5. The van der Waals surface area contributed by atoms with Gasteiger partial charge >= 0.3 is 0 Å². The highest BCUT2D eigenvalue weighted by Gasteiger charge is 2.06. The van der Waals surface area contributed by atoms with E-state index in [0.29, 0.717) is 26.0 Å². The first-order valence-corrected chi connectivity index (χ1v) is 8.92. The Morgan fingerprint density at radius 2 is 1.88 bits per heavy atom. The van der Waals surface area contributed by atoms with Crippen LogP contribution in [0.4, 0.5) is 0 Å². The second kappa shape index (κ2) is 8.45. The molecule has 0 saturated heterocycles. The van der Waals surface area contributed by atoms with Gasteiger partial charge in [0.1, 0.15) is 5.75 Å². The van der Waals surface area contributed by atoms with Crippen LogP contribution in [0.1, 0.15) is 17.8 Å². The fourth-order valence-corrected chi connectivity index (χ4v) is 3.31. The minimum absolute atomic E-state index is 0.0639. The molecular formula is C19H20N2O2S. The molecular weight excluding hydrogens is 320 g/mol. The van der Waals surface area contributed by atoms with Gasteiger partial charge in [0.25, 0.3) is 0 Å². The van der Waals surface area contributed by atoms with Crippen LogP contribution in [0.25, 0.3) is 10.2 Å². The average molecular weight is 340 g/mol. The molecule has 0 aliphatic rings. The molecule has 2 aromatic carbocycles. The van der Waals surface area contributed by atoms with Crippen molar-refractivity contribution >= 4 is 27.5 Å². The number of nitrogens with zero attached hydrogens (tertiary/aromatic N) is 1. The zero-order chi connectivity index (χ0) is 16.6. The van der Waals surface area contributed by atoms with Crippen LogP contribution >= 0.6 is 11.3 Å². The Morgan fingerprint density at radius 3 is 2.71 bits per heavy atom. The van der Waals surface area contributed by atoms with Gasteiger partial charge in [0.05, 0.1) is 21.8 Å². The van der Waals surface area contributed by atoms with E-state index in [0.717, 1.165) is 22.7 Å². The summed E-state index contributed by atoms with van der Waals surface area (Å²) in [6, 6.07) is 17.8. The third-order valence-corrected chi connectivity index (χ3v) is 4.66. The van der Waals surface area contributed by atoms with E-state index in [-0.39, 0.29) is 5.91 Å². The van der Waals surface area contributed by atoms with E-state index in [9.17, 15) is 4.79 Å². The summed E-state index contributed by atoms with van der Waals surface area (Å²) < 4.78 is 6.76. The molecule has 0 fully saturated rings. The summed E-state index contributed by atoms with van der Waals surface area (Å²) in [5.41, 5.74) is 1.01. The van der Waals surface area contributed by atoms with E-state index >= 15 is 0 Å². The Morgan fingerprint density at radius 1 is 1.08 bits per heavy atom. The van der Waals surface area contributed by atoms with Crippen molar-refractivity contribution in [2.45, 2.75) is 19.3 Å². The zero-order valence-electron chi connectivity index (χ0n) is 13.4. The fraction of sp³-hybridized carbons (Fsp3) is 0.263. The lowest BCUT2D eigenvalue weighted by Crippen LogP contribution is -2.25. The number of hydrogen-bond acceptors (Lipinski definition) is 4. The Bertz CT molecular complexity index is 753. The molecule has 3 aromatic rings. The van der Waals surface area contributed by atoms with Gasteiger partial charge in [-0.3, -0.25) is 4.79 Å². The second-order valence-corrected chi connectivity index (χ2v) is 6.56. The number of para-hydroxylation sites is 2. The minimum Gasteiger partial charge on any atom is -0.494 e. The van der Waals surface area contributed by atoms with E-state index in [1.165, 1.54) is 4.70 Å². The molecule has 5 heteroatoms. The van der Waals surface area contributed by atoms with Gasteiger partial charge in [-0.2, -0.15) is 0 Å². The van der Waals surface area contributed by atoms with E-state index in [2.05, 4.69) is 16.4 Å². The predicted octanol–water partition coefficient (Wildman–Crippen LogP) is 3.81. The zero-order valence-corrected chi connectivity index (χ0v) is 14.2. The number of fused-ring (bicyclic) bond motifs is 1. The lowest BCUT2D eigenvalue weighted by Gasteiger charge is -2.07. The molecule has 1 aromatic heterocycles. The van der Waals surface area contributed by atoms with Crippen LogP contribution < -0.4 is 10.1 Å². The normalized spacial score (nSPS) is 10.7. The molecule has 0 unspecified atom stereocenters. The number of benzene rings is 2. The smallest absolute Gasteiger partial charge is 0.220 e. The Kier molecular flexibility index (Phi) is 5.80. The standard InChI is InChI=1S/C19H20N2O2S/c22-18(20-13-6-14-23-15-7-2-1-3-8-15)11-12-19-21-16-9-4-5-10-17(16)24-19/h1-5,7-10H,6,11-14H2,(H,20,22). The SMILES string of the molecule is O=C(CCc1nc2ccccc2s1)NCCCOc1ccccc1. The summed E-state index contributed by atoms with van der Waals surface area (Å²) >= 11 is 1.66. The molecule has 1 heterocycles. The molecule has 24 heavy (non-hydrogen) atoms. The maximum Gasteiger partial charge on any atom is 0.220 e. The lowest BCUT2D eigenvalue weighted by molar-refractivity contribution is -0.121. The monoisotopic (exact) mass is 340 g/mol. The molecule has 0 aliphatic heterocycles. The van der Waals surface area contributed by atoms with Gasteiger partial charge in [-0.1, -0.05) is 30.3 Å². The number of aryl methyl sites for hydroxylation is 1. The molecule has 1 N–H and O–H groups in total. The van der Waals surface area contributed by atoms with E-state index in [1.807, 2.05) is 48.5 Å². The number of hydrogen-bond donors (Lipinski definition) is 1. The highest BCUT2D eigenvalue weighted by atomic mass is 32.1. The molecule has 0 radical (unpaired) electrons. The number of ether oxygens (including phenoxy) is 1. The maximum absolute atomic E-state index is 11.9. The van der Waals surface area contributed by atoms with Crippen molar-refractivity contribution in [1.29, 1.82) is 0 Å². The lowest BCUT2D eigenvalue weighted by atomic mass is 10.3. The number of amides is 1. The number of thiazole rings is 1. The van der Waals surface area contributed by atoms with Gasteiger partial charge in [0.15, 0.2) is 0 Å². The summed E-state index contributed by atoms with van der Waals surface area (Å²) in [5, 5.41) is 3.94. The molecule has 3 rings (SSSR count). The fourth-order valence-electron chi connectivity index (χ4n) is 2.34. The number of aromatic nitrogens is 1. The molecule has 0 saturated carbocycles. The molecule has 1 amide bonds. The van der Waals surface area contributed by atoms with Crippen LogP contribution in [0.15, 0.2) is 54.6 Å². The highest BCUT2D eigenvalue weighted by molar-refractivity contribution is 7.18. The number of carbonyl (C=O) groups excluding carboxylic acids is 1. The van der Waals surface area contributed by atoms with E-state index in [4.69, 9.17) is 4.74 Å². The van der Waals surface area contributed by atoms with Gasteiger partial charge < -0.3 is 10.1 Å². The minimum atomic E-state index is 0.0639. The molecule has 0 bridgehead atoms. The Labute approximate surface area is 145 Å². The van der Waals surface area contributed by atoms with Gasteiger partial charge in [-0.05, 0) is 30.7 Å². The summed E-state index contributed by atoms with van der Waals surface area (Å²) in [6.07, 6.45) is 1.95. The maximum atomic E-state index is 11.9. The van der Waals surface area contributed by atoms with Crippen molar-refractivity contribution in [3.05, 3.63) is 59.6 Å². The molecule has 0 aliphatic carbocycles. The van der Waals surface area contributed by atoms with Crippen molar-refractivity contribution in [3.63, 3.8) is 0 Å². The van der Waals surface area contributed by atoms with Gasteiger partial charge in [0, 0.05) is 19.4 Å². The summed E-state index contributed by atoms with van der Waals surface area (Å²) in [6.45, 7) is 1.23. The van der Waals surface area contributed by atoms with Crippen LogP contribution in [0.3, 0.4) is 0 Å². The molecule has 4 nitrogen and oxygen atoms in total. The van der Waals surface area contributed by atoms with Crippen molar-refractivity contribution in [2.75, 3.05) is 13.2 Å². The summed E-state index contributed by atoms with van der Waals surface area (Å²) in [5.74, 6) is 0.925. The van der Waals surface area contributed by atoms with Gasteiger partial charge in [-0.25, -0.2) is 4.98 Å². The summed E-state index contributed by atoms with van der Waals surface area (Å²) in [4.78, 5) is 16.4. The molecule has 0 spiro atoms. The van der Waals surface area contributed by atoms with Crippen molar-refractivity contribution in [1.82, 2.24) is 10.3 Å². The molecule has 124 valence electrons. The first-order valence-electron chi connectivity index (χ1n) is 8.10. The Hall–Kier alpha value is -2.40. The highest BCUT2D eigenvalue weighted by Crippen LogP contribution is 2.22. The predicted molar refractivity (Wildman–Crippen MR) is 97.5 cm³/mol. The van der Waals surface area contributed by atoms with E-state index < -0.39 is 0 Å². The average Bonchev–Trinajstić information content (AvgIpc) is 3.03. The van der Waals surface area contributed by atoms with Crippen molar-refractivity contribution in [2.24, 2.45) is 0 Å². The topological polar surface area (TPSA) is 51.2 Å². The van der Waals surface area contributed by atoms with Crippen molar-refractivity contribution in [3.8, 4) is 5.75 Å². The third kappa shape index (κ3) is 4.80. The summed E-state index contributed by atoms with van der Waals surface area (Å²) in [7, 11) is 0.